The number of anilines is 1. The van der Waals surface area contributed by atoms with Gasteiger partial charge in [-0.3, -0.25) is 0 Å². The summed E-state index contributed by atoms with van der Waals surface area (Å²) in [5.41, 5.74) is 8.06. The Morgan fingerprint density at radius 2 is 2.33 bits per heavy atom. The molecule has 0 amide bonds. The standard InChI is InChI=1S/C14H21ClN2O/c1-18-12-5-3-9-17(10-12)14-11(7-8-16)4-2-6-13(14)15/h2,4,6,12H,3,5,7-10,16H2,1H3. The van der Waals surface area contributed by atoms with Crippen molar-refractivity contribution >= 4 is 17.3 Å². The molecule has 0 radical (unpaired) electrons. The highest BCUT2D eigenvalue weighted by molar-refractivity contribution is 6.33. The summed E-state index contributed by atoms with van der Waals surface area (Å²) in [6.07, 6.45) is 3.44. The summed E-state index contributed by atoms with van der Waals surface area (Å²) in [4.78, 5) is 2.34. The maximum atomic E-state index is 6.37. The quantitative estimate of drug-likeness (QED) is 0.912. The topological polar surface area (TPSA) is 38.5 Å². The van der Waals surface area contributed by atoms with Crippen LogP contribution < -0.4 is 10.6 Å². The van der Waals surface area contributed by atoms with Crippen LogP contribution in [0.3, 0.4) is 0 Å². The zero-order valence-electron chi connectivity index (χ0n) is 10.9. The lowest BCUT2D eigenvalue weighted by molar-refractivity contribution is 0.0893. The van der Waals surface area contributed by atoms with Gasteiger partial charge in [-0.15, -0.1) is 0 Å². The van der Waals surface area contributed by atoms with Crippen LogP contribution in [0.2, 0.25) is 5.02 Å². The number of methoxy groups -OCH3 is 1. The molecule has 2 N–H and O–H groups in total. The summed E-state index contributed by atoms with van der Waals surface area (Å²) in [5.74, 6) is 0. The van der Waals surface area contributed by atoms with Crippen LogP contribution in [0, 0.1) is 0 Å². The molecule has 2 rings (SSSR count). The minimum absolute atomic E-state index is 0.306. The predicted molar refractivity (Wildman–Crippen MR) is 76.5 cm³/mol. The van der Waals surface area contributed by atoms with Gasteiger partial charge >= 0.3 is 0 Å². The van der Waals surface area contributed by atoms with E-state index in [9.17, 15) is 0 Å². The smallest absolute Gasteiger partial charge is 0.0746 e. The fourth-order valence-electron chi connectivity index (χ4n) is 2.61. The zero-order valence-corrected chi connectivity index (χ0v) is 11.6. The summed E-state index contributed by atoms with van der Waals surface area (Å²) in [5, 5.41) is 0.817. The van der Waals surface area contributed by atoms with Crippen molar-refractivity contribution in [2.75, 3.05) is 31.6 Å². The Balaban J connectivity index is 2.25. The lowest BCUT2D eigenvalue weighted by Gasteiger charge is -2.35. The number of nitrogens with zero attached hydrogens (tertiary/aromatic N) is 1. The third kappa shape index (κ3) is 2.97. The molecule has 100 valence electrons. The molecule has 1 atom stereocenters. The largest absolute Gasteiger partial charge is 0.380 e. The van der Waals surface area contributed by atoms with Gasteiger partial charge in [0.1, 0.15) is 0 Å². The van der Waals surface area contributed by atoms with E-state index in [0.717, 1.165) is 43.1 Å². The second-order valence-corrected chi connectivity index (χ2v) is 5.14. The van der Waals surface area contributed by atoms with Gasteiger partial charge in [0.25, 0.3) is 0 Å². The van der Waals surface area contributed by atoms with Gasteiger partial charge < -0.3 is 15.4 Å². The van der Waals surface area contributed by atoms with E-state index in [1.807, 2.05) is 12.1 Å². The molecule has 0 bridgehead atoms. The average molecular weight is 269 g/mol. The molecule has 0 aliphatic carbocycles. The van der Waals surface area contributed by atoms with E-state index in [-0.39, 0.29) is 0 Å². The average Bonchev–Trinajstić information content (AvgIpc) is 2.39. The highest BCUT2D eigenvalue weighted by Gasteiger charge is 2.22. The Kier molecular flexibility index (Phi) is 4.87. The second-order valence-electron chi connectivity index (χ2n) is 4.73. The number of hydrogen-bond donors (Lipinski definition) is 1. The van der Waals surface area contributed by atoms with Crippen LogP contribution >= 0.6 is 11.6 Å². The van der Waals surface area contributed by atoms with Gasteiger partial charge in [0.05, 0.1) is 16.8 Å². The number of hydrogen-bond acceptors (Lipinski definition) is 3. The first kappa shape index (κ1) is 13.7. The molecule has 4 heteroatoms. The van der Waals surface area contributed by atoms with Crippen molar-refractivity contribution in [2.24, 2.45) is 5.73 Å². The summed E-state index contributed by atoms with van der Waals surface area (Å²) in [6.45, 7) is 2.61. The fraction of sp³-hybridized carbons (Fsp3) is 0.571. The molecular formula is C14H21ClN2O. The Hall–Kier alpha value is -0.770. The molecule has 1 aliphatic heterocycles. The van der Waals surface area contributed by atoms with Gasteiger partial charge in [-0.05, 0) is 37.4 Å². The van der Waals surface area contributed by atoms with E-state index in [1.54, 1.807) is 7.11 Å². The van der Waals surface area contributed by atoms with Crippen LogP contribution in [0.15, 0.2) is 18.2 Å². The highest BCUT2D eigenvalue weighted by Crippen LogP contribution is 2.32. The molecule has 1 aromatic rings. The Bertz CT molecular complexity index is 397. The van der Waals surface area contributed by atoms with E-state index >= 15 is 0 Å². The van der Waals surface area contributed by atoms with Crippen molar-refractivity contribution in [2.45, 2.75) is 25.4 Å². The normalized spacial score (nSPS) is 20.2. The number of rotatable bonds is 4. The Morgan fingerprint density at radius 1 is 1.50 bits per heavy atom. The first-order valence-electron chi connectivity index (χ1n) is 6.51. The second kappa shape index (κ2) is 6.41. The summed E-state index contributed by atoms with van der Waals surface area (Å²) >= 11 is 6.37. The van der Waals surface area contributed by atoms with Crippen molar-refractivity contribution in [1.82, 2.24) is 0 Å². The van der Waals surface area contributed by atoms with E-state index in [1.165, 1.54) is 5.56 Å². The molecule has 1 saturated heterocycles. The number of benzene rings is 1. The fourth-order valence-corrected chi connectivity index (χ4v) is 2.92. The maximum absolute atomic E-state index is 6.37. The van der Waals surface area contributed by atoms with Crippen LogP contribution in [-0.2, 0) is 11.2 Å². The molecule has 1 unspecified atom stereocenters. The Morgan fingerprint density at radius 3 is 3.06 bits per heavy atom. The summed E-state index contributed by atoms with van der Waals surface area (Å²) in [6, 6.07) is 6.06. The highest BCUT2D eigenvalue weighted by atomic mass is 35.5. The lowest BCUT2D eigenvalue weighted by Crippen LogP contribution is -2.40. The van der Waals surface area contributed by atoms with Gasteiger partial charge in [-0.25, -0.2) is 0 Å². The molecule has 1 aromatic carbocycles. The van der Waals surface area contributed by atoms with Crippen LogP contribution in [0.25, 0.3) is 0 Å². The molecule has 1 heterocycles. The summed E-state index contributed by atoms with van der Waals surface area (Å²) < 4.78 is 5.47. The number of ether oxygens (including phenoxy) is 1. The number of para-hydroxylation sites is 1. The molecule has 0 saturated carbocycles. The van der Waals surface area contributed by atoms with E-state index in [4.69, 9.17) is 22.1 Å². The van der Waals surface area contributed by atoms with Crippen LogP contribution in [0.1, 0.15) is 18.4 Å². The Labute approximate surface area is 114 Å². The van der Waals surface area contributed by atoms with E-state index < -0.39 is 0 Å². The van der Waals surface area contributed by atoms with Crippen molar-refractivity contribution in [1.29, 1.82) is 0 Å². The molecule has 1 fully saturated rings. The minimum Gasteiger partial charge on any atom is -0.380 e. The van der Waals surface area contributed by atoms with Crippen LogP contribution in [0.5, 0.6) is 0 Å². The molecule has 1 aliphatic rings. The zero-order chi connectivity index (χ0) is 13.0. The monoisotopic (exact) mass is 268 g/mol. The van der Waals surface area contributed by atoms with Gasteiger partial charge in [0, 0.05) is 20.2 Å². The maximum Gasteiger partial charge on any atom is 0.0746 e. The SMILES string of the molecule is COC1CCCN(c2c(Cl)cccc2CCN)C1. The van der Waals surface area contributed by atoms with Gasteiger partial charge in [-0.2, -0.15) is 0 Å². The first-order valence-corrected chi connectivity index (χ1v) is 6.89. The van der Waals surface area contributed by atoms with Crippen LogP contribution in [-0.4, -0.2) is 32.8 Å². The van der Waals surface area contributed by atoms with Crippen molar-refractivity contribution < 1.29 is 4.74 Å². The molecule has 0 spiro atoms. The predicted octanol–water partition coefficient (Wildman–Crippen LogP) is 2.46. The minimum atomic E-state index is 0.306. The molecule has 3 nitrogen and oxygen atoms in total. The van der Waals surface area contributed by atoms with Crippen LogP contribution in [0.4, 0.5) is 5.69 Å². The summed E-state index contributed by atoms with van der Waals surface area (Å²) in [7, 11) is 1.78. The molecule has 0 aromatic heterocycles. The van der Waals surface area contributed by atoms with Gasteiger partial charge in [0.15, 0.2) is 0 Å². The van der Waals surface area contributed by atoms with E-state index in [0.29, 0.717) is 12.6 Å². The lowest BCUT2D eigenvalue weighted by atomic mass is 10.0. The van der Waals surface area contributed by atoms with Gasteiger partial charge in [0.2, 0.25) is 0 Å². The first-order chi connectivity index (χ1) is 8.76. The van der Waals surface area contributed by atoms with Crippen molar-refractivity contribution in [3.63, 3.8) is 0 Å². The number of nitrogens with two attached hydrogens (primary N) is 1. The third-order valence-electron chi connectivity index (χ3n) is 3.51. The molecular weight excluding hydrogens is 248 g/mol. The van der Waals surface area contributed by atoms with Crippen molar-refractivity contribution in [3.8, 4) is 0 Å². The number of piperidine rings is 1. The number of halogens is 1. The molecule has 18 heavy (non-hydrogen) atoms. The van der Waals surface area contributed by atoms with Crippen molar-refractivity contribution in [3.05, 3.63) is 28.8 Å². The third-order valence-corrected chi connectivity index (χ3v) is 3.82. The van der Waals surface area contributed by atoms with E-state index in [2.05, 4.69) is 11.0 Å². The van der Waals surface area contributed by atoms with Gasteiger partial charge in [-0.1, -0.05) is 23.7 Å².